The van der Waals surface area contributed by atoms with Crippen LogP contribution >= 0.6 is 0 Å². The fourth-order valence-corrected chi connectivity index (χ4v) is 2.01. The molecule has 6 N–H and O–H groups in total. The van der Waals surface area contributed by atoms with Crippen LogP contribution in [0.5, 0.6) is 0 Å². The molecule has 1 saturated heterocycles. The zero-order valence-electron chi connectivity index (χ0n) is 8.30. The number of primary sulfonamides is 1. The van der Waals surface area contributed by atoms with Crippen LogP contribution in [0.2, 0.25) is 0 Å². The highest BCUT2D eigenvalue weighted by atomic mass is 32.2. The van der Waals surface area contributed by atoms with Crippen molar-refractivity contribution in [3.63, 3.8) is 0 Å². The van der Waals surface area contributed by atoms with Crippen molar-refractivity contribution in [2.45, 2.75) is 37.1 Å². The Morgan fingerprint density at radius 2 is 1.62 bits per heavy atom. The van der Waals surface area contributed by atoms with Crippen molar-refractivity contribution < 1.29 is 33.6 Å². The molecule has 96 valence electrons. The number of aliphatic hydroxyl groups excluding tert-OH is 4. The Hall–Kier alpha value is -0.290. The third-order valence-electron chi connectivity index (χ3n) is 2.37. The second-order valence-corrected chi connectivity index (χ2v) is 5.43. The third kappa shape index (κ3) is 3.35. The number of sulfonamides is 1. The highest BCUT2D eigenvalue weighted by Gasteiger charge is 2.42. The van der Waals surface area contributed by atoms with Gasteiger partial charge in [-0.3, -0.25) is 0 Å². The van der Waals surface area contributed by atoms with E-state index in [0.29, 0.717) is 0 Å². The van der Waals surface area contributed by atoms with Crippen LogP contribution in [0.1, 0.15) is 6.42 Å². The largest absolute Gasteiger partial charge is 0.388 e. The molecule has 0 aromatic heterocycles. The molecule has 0 aliphatic carbocycles. The highest BCUT2D eigenvalue weighted by molar-refractivity contribution is 7.89. The highest BCUT2D eigenvalue weighted by Crippen LogP contribution is 2.21. The van der Waals surface area contributed by atoms with Gasteiger partial charge in [-0.05, 0) is 6.42 Å². The van der Waals surface area contributed by atoms with Gasteiger partial charge in [-0.15, -0.1) is 0 Å². The van der Waals surface area contributed by atoms with Gasteiger partial charge in [0.1, 0.15) is 18.3 Å². The fraction of sp³-hybridized carbons (Fsp3) is 1.00. The van der Waals surface area contributed by atoms with Crippen molar-refractivity contribution >= 4 is 10.0 Å². The van der Waals surface area contributed by atoms with Crippen molar-refractivity contribution in [2.24, 2.45) is 5.14 Å². The topological polar surface area (TPSA) is 150 Å². The minimum absolute atomic E-state index is 0.180. The molecule has 0 spiro atoms. The molecule has 0 bridgehead atoms. The van der Waals surface area contributed by atoms with Crippen LogP contribution in [0.25, 0.3) is 0 Å². The van der Waals surface area contributed by atoms with E-state index in [0.717, 1.165) is 0 Å². The lowest BCUT2D eigenvalue weighted by molar-refractivity contribution is -0.281. The predicted octanol–water partition coefficient (Wildman–Crippen LogP) is -3.54. The summed E-state index contributed by atoms with van der Waals surface area (Å²) in [6, 6.07) is 0. The van der Waals surface area contributed by atoms with Crippen LogP contribution in [-0.2, 0) is 14.8 Å². The van der Waals surface area contributed by atoms with E-state index in [9.17, 15) is 18.6 Å². The van der Waals surface area contributed by atoms with E-state index in [1.807, 2.05) is 0 Å². The molecule has 0 aromatic carbocycles. The van der Waals surface area contributed by atoms with Crippen molar-refractivity contribution in [1.82, 2.24) is 0 Å². The lowest BCUT2D eigenvalue weighted by atomic mass is 9.97. The van der Waals surface area contributed by atoms with Crippen molar-refractivity contribution in [3.8, 4) is 0 Å². The van der Waals surface area contributed by atoms with E-state index < -0.39 is 46.5 Å². The normalized spacial score (nSPS) is 40.9. The minimum Gasteiger partial charge on any atom is -0.388 e. The van der Waals surface area contributed by atoms with Crippen LogP contribution in [0.15, 0.2) is 0 Å². The molecule has 1 fully saturated rings. The molecule has 9 heteroatoms. The molecule has 1 unspecified atom stereocenters. The van der Waals surface area contributed by atoms with Gasteiger partial charge < -0.3 is 25.2 Å². The standard InChI is InChI=1S/C7H15NO7S/c8-16(13,14)2-1-3-4(9)5(10)6(11)7(12)15-3/h3-7,9-12H,1-2H2,(H2,8,13,14)/t3-,4-,5+,6-,7?/m1/s1. The average molecular weight is 257 g/mol. The molecule has 0 radical (unpaired) electrons. The van der Waals surface area contributed by atoms with Crippen molar-refractivity contribution in [2.75, 3.05) is 5.75 Å². The molecule has 1 heterocycles. The maximum Gasteiger partial charge on any atom is 0.209 e. The maximum atomic E-state index is 10.7. The predicted molar refractivity (Wildman–Crippen MR) is 51.5 cm³/mol. The summed E-state index contributed by atoms with van der Waals surface area (Å²) in [4.78, 5) is 0. The third-order valence-corrected chi connectivity index (χ3v) is 3.18. The summed E-state index contributed by atoms with van der Waals surface area (Å²) < 4.78 is 26.1. The van der Waals surface area contributed by atoms with Gasteiger partial charge in [0.2, 0.25) is 10.0 Å². The van der Waals surface area contributed by atoms with Gasteiger partial charge >= 0.3 is 0 Å². The van der Waals surface area contributed by atoms with Crippen LogP contribution in [0.3, 0.4) is 0 Å². The Labute approximate surface area is 92.3 Å². The van der Waals surface area contributed by atoms with E-state index in [2.05, 4.69) is 0 Å². The van der Waals surface area contributed by atoms with Gasteiger partial charge in [-0.2, -0.15) is 0 Å². The molecule has 0 aromatic rings. The number of ether oxygens (including phenoxy) is 1. The van der Waals surface area contributed by atoms with Gasteiger partial charge in [-0.1, -0.05) is 0 Å². The number of rotatable bonds is 3. The molecule has 0 saturated carbocycles. The van der Waals surface area contributed by atoms with Gasteiger partial charge in [0.05, 0.1) is 11.9 Å². The first-order valence-corrected chi connectivity index (χ1v) is 6.32. The average Bonchev–Trinajstić information content (AvgIpc) is 2.17. The quantitative estimate of drug-likeness (QED) is 0.351. The lowest BCUT2D eigenvalue weighted by Crippen LogP contribution is -2.57. The lowest BCUT2D eigenvalue weighted by Gasteiger charge is -2.38. The Balaban J connectivity index is 2.61. The van der Waals surface area contributed by atoms with Crippen LogP contribution in [-0.4, -0.2) is 65.3 Å². The van der Waals surface area contributed by atoms with E-state index in [4.69, 9.17) is 20.1 Å². The minimum atomic E-state index is -3.71. The Bertz CT molecular complexity index is 332. The summed E-state index contributed by atoms with van der Waals surface area (Å²) in [7, 11) is -3.71. The number of nitrogens with two attached hydrogens (primary N) is 1. The number of hydrogen-bond acceptors (Lipinski definition) is 7. The molecule has 5 atom stereocenters. The van der Waals surface area contributed by atoms with Gasteiger partial charge in [0.25, 0.3) is 0 Å². The summed E-state index contributed by atoms with van der Waals surface area (Å²) in [6.07, 6.45) is -7.62. The molecular weight excluding hydrogens is 242 g/mol. The summed E-state index contributed by atoms with van der Waals surface area (Å²) >= 11 is 0. The molecule has 16 heavy (non-hydrogen) atoms. The molecule has 1 aliphatic heterocycles. The summed E-state index contributed by atoms with van der Waals surface area (Å²) in [5.41, 5.74) is 0. The summed E-state index contributed by atoms with van der Waals surface area (Å²) in [5.74, 6) is -0.454. The first-order chi connectivity index (χ1) is 7.22. The first kappa shape index (κ1) is 13.8. The van der Waals surface area contributed by atoms with Crippen LogP contribution in [0, 0.1) is 0 Å². The Morgan fingerprint density at radius 3 is 2.12 bits per heavy atom. The Morgan fingerprint density at radius 1 is 1.06 bits per heavy atom. The molecule has 1 aliphatic rings. The Kier molecular flexibility index (Phi) is 4.23. The van der Waals surface area contributed by atoms with Crippen LogP contribution in [0.4, 0.5) is 0 Å². The van der Waals surface area contributed by atoms with Crippen molar-refractivity contribution in [3.05, 3.63) is 0 Å². The smallest absolute Gasteiger partial charge is 0.209 e. The zero-order chi connectivity index (χ0) is 12.5. The zero-order valence-corrected chi connectivity index (χ0v) is 9.12. The molecular formula is C7H15NO7S. The van der Waals surface area contributed by atoms with E-state index in [1.165, 1.54) is 0 Å². The monoisotopic (exact) mass is 257 g/mol. The van der Waals surface area contributed by atoms with Crippen molar-refractivity contribution in [1.29, 1.82) is 0 Å². The second kappa shape index (κ2) is 4.92. The molecule has 1 rings (SSSR count). The summed E-state index contributed by atoms with van der Waals surface area (Å²) in [6.45, 7) is 0. The fourth-order valence-electron chi connectivity index (χ4n) is 1.45. The molecule has 8 nitrogen and oxygen atoms in total. The SMILES string of the molecule is NS(=O)(=O)CC[C@H]1OC(O)[C@H](O)[C@@H](O)[C@@H]1O. The first-order valence-electron chi connectivity index (χ1n) is 4.60. The van der Waals surface area contributed by atoms with Gasteiger partial charge in [0, 0.05) is 0 Å². The maximum absolute atomic E-state index is 10.7. The number of hydrogen-bond donors (Lipinski definition) is 5. The summed E-state index contributed by atoms with van der Waals surface area (Å²) in [5, 5.41) is 41.8. The van der Waals surface area contributed by atoms with Gasteiger partial charge in [0.15, 0.2) is 6.29 Å². The van der Waals surface area contributed by atoms with E-state index in [1.54, 1.807) is 0 Å². The van der Waals surface area contributed by atoms with E-state index >= 15 is 0 Å². The second-order valence-electron chi connectivity index (χ2n) is 3.69. The number of aliphatic hydroxyl groups is 4. The van der Waals surface area contributed by atoms with Crippen LogP contribution < -0.4 is 5.14 Å². The van der Waals surface area contributed by atoms with Gasteiger partial charge in [-0.25, -0.2) is 13.6 Å². The van der Waals surface area contributed by atoms with E-state index in [-0.39, 0.29) is 6.42 Å². The molecule has 0 amide bonds.